The van der Waals surface area contributed by atoms with E-state index in [0.717, 1.165) is 55.6 Å². The fourth-order valence-electron chi connectivity index (χ4n) is 4.03. The maximum atomic E-state index is 13.4. The third-order valence-electron chi connectivity index (χ3n) is 5.54. The van der Waals surface area contributed by atoms with E-state index in [1.54, 1.807) is 13.3 Å². The summed E-state index contributed by atoms with van der Waals surface area (Å²) in [6.45, 7) is 4.15. The van der Waals surface area contributed by atoms with Gasteiger partial charge < -0.3 is 9.30 Å². The molecule has 1 N–H and O–H groups in total. The van der Waals surface area contributed by atoms with Crippen molar-refractivity contribution in [2.45, 2.75) is 75.5 Å². The van der Waals surface area contributed by atoms with Crippen molar-refractivity contribution < 1.29 is 13.2 Å². The van der Waals surface area contributed by atoms with E-state index in [4.69, 9.17) is 4.74 Å². The van der Waals surface area contributed by atoms with E-state index in [0.29, 0.717) is 26.2 Å². The van der Waals surface area contributed by atoms with Crippen LogP contribution >= 0.6 is 0 Å². The molecule has 3 rings (SSSR count). The lowest BCUT2D eigenvalue weighted by Crippen LogP contribution is -2.26. The van der Waals surface area contributed by atoms with Crippen LogP contribution in [0.3, 0.4) is 0 Å². The van der Waals surface area contributed by atoms with Gasteiger partial charge in [-0.05, 0) is 32.9 Å². The number of sulfone groups is 1. The molecule has 2 aromatic rings. The molecule has 9 heteroatoms. The maximum Gasteiger partial charge on any atom is 0.228 e. The molecule has 2 heterocycles. The summed E-state index contributed by atoms with van der Waals surface area (Å²) in [6, 6.07) is 2.01. The Morgan fingerprint density at radius 3 is 2.59 bits per heavy atom. The number of hydrogen-bond donors (Lipinski definition) is 1. The van der Waals surface area contributed by atoms with Crippen molar-refractivity contribution in [3.63, 3.8) is 0 Å². The third kappa shape index (κ3) is 5.46. The highest BCUT2D eigenvalue weighted by Gasteiger charge is 2.32. The molecule has 2 aromatic heterocycles. The molecule has 0 atom stereocenters. The van der Waals surface area contributed by atoms with Crippen molar-refractivity contribution in [1.29, 1.82) is 0 Å². The highest BCUT2D eigenvalue weighted by molar-refractivity contribution is 7.91. The minimum Gasteiger partial charge on any atom is -0.383 e. The summed E-state index contributed by atoms with van der Waals surface area (Å²) in [4.78, 5) is 6.49. The molecule has 162 valence electrons. The normalized spacial score (nSPS) is 16.4. The molecule has 0 unspecified atom stereocenters. The van der Waals surface area contributed by atoms with Gasteiger partial charge in [0, 0.05) is 32.4 Å². The monoisotopic (exact) mass is 423 g/mol. The number of hydrogen-bond acceptors (Lipinski definition) is 6. The standard InChI is InChI=1S/C20H33N5O3S/c1-16-12-17(23-22-16)14-24(2)15-18-13-21-20(25(18)10-11-28-3)29(26,27)19-8-6-4-5-7-9-19/h12-13,19H,4-11,14-15H2,1-3H3,(H,22,23). The van der Waals surface area contributed by atoms with Gasteiger partial charge in [-0.25, -0.2) is 13.4 Å². The predicted molar refractivity (Wildman–Crippen MR) is 111 cm³/mol. The van der Waals surface area contributed by atoms with Crippen molar-refractivity contribution in [2.75, 3.05) is 20.8 Å². The van der Waals surface area contributed by atoms with Gasteiger partial charge in [0.1, 0.15) is 0 Å². The number of nitrogens with one attached hydrogen (secondary N) is 1. The molecule has 1 fully saturated rings. The summed E-state index contributed by atoms with van der Waals surface area (Å²) in [6.07, 6.45) is 7.34. The number of imidazole rings is 1. The van der Waals surface area contributed by atoms with Gasteiger partial charge in [-0.1, -0.05) is 25.7 Å². The minimum atomic E-state index is -3.46. The SMILES string of the molecule is COCCn1c(CN(C)Cc2cc(C)[nH]n2)cnc1S(=O)(=O)C1CCCCCC1. The first-order valence-electron chi connectivity index (χ1n) is 10.4. The minimum absolute atomic E-state index is 0.195. The van der Waals surface area contributed by atoms with E-state index in [1.165, 1.54) is 0 Å². The van der Waals surface area contributed by atoms with E-state index in [9.17, 15) is 8.42 Å². The second-order valence-corrected chi connectivity index (χ2v) is 10.2. The fraction of sp³-hybridized carbons (Fsp3) is 0.700. The number of rotatable bonds is 9. The molecule has 0 amide bonds. The van der Waals surface area contributed by atoms with Gasteiger partial charge in [0.2, 0.25) is 15.0 Å². The van der Waals surface area contributed by atoms with Crippen LogP contribution in [0.2, 0.25) is 0 Å². The Hall–Kier alpha value is -1.71. The van der Waals surface area contributed by atoms with Crippen molar-refractivity contribution in [2.24, 2.45) is 0 Å². The summed E-state index contributed by atoms with van der Waals surface area (Å²) >= 11 is 0. The van der Waals surface area contributed by atoms with Gasteiger partial charge in [-0.2, -0.15) is 5.10 Å². The zero-order chi connectivity index (χ0) is 20.9. The van der Waals surface area contributed by atoms with Gasteiger partial charge in [-0.3, -0.25) is 10.00 Å². The van der Waals surface area contributed by atoms with Gasteiger partial charge >= 0.3 is 0 Å². The smallest absolute Gasteiger partial charge is 0.228 e. The average Bonchev–Trinajstić information content (AvgIpc) is 3.14. The van der Waals surface area contributed by atoms with Crippen molar-refractivity contribution in [3.05, 3.63) is 29.3 Å². The molecule has 0 bridgehead atoms. The van der Waals surface area contributed by atoms with Crippen molar-refractivity contribution in [1.82, 2.24) is 24.6 Å². The lowest BCUT2D eigenvalue weighted by atomic mass is 10.2. The predicted octanol–water partition coefficient (Wildman–Crippen LogP) is 2.69. The number of aromatic nitrogens is 4. The largest absolute Gasteiger partial charge is 0.383 e. The highest BCUT2D eigenvalue weighted by Crippen LogP contribution is 2.28. The Balaban J connectivity index is 1.81. The van der Waals surface area contributed by atoms with Crippen LogP contribution in [0, 0.1) is 6.92 Å². The number of methoxy groups -OCH3 is 1. The molecule has 1 aliphatic rings. The molecule has 0 aromatic carbocycles. The number of nitrogens with zero attached hydrogens (tertiary/aromatic N) is 4. The van der Waals surface area contributed by atoms with Crippen molar-refractivity contribution in [3.8, 4) is 0 Å². The molecular formula is C20H33N5O3S. The topological polar surface area (TPSA) is 93.1 Å². The quantitative estimate of drug-likeness (QED) is 0.624. The van der Waals surface area contributed by atoms with Crippen LogP contribution < -0.4 is 0 Å². The van der Waals surface area contributed by atoms with E-state index >= 15 is 0 Å². The Morgan fingerprint density at radius 1 is 1.24 bits per heavy atom. The van der Waals surface area contributed by atoms with Crippen LogP contribution in [-0.2, 0) is 34.2 Å². The molecule has 8 nitrogen and oxygen atoms in total. The lowest BCUT2D eigenvalue weighted by Gasteiger charge is -2.19. The van der Waals surface area contributed by atoms with Crippen LogP contribution in [0.15, 0.2) is 17.4 Å². The zero-order valence-electron chi connectivity index (χ0n) is 17.7. The number of aryl methyl sites for hydroxylation is 1. The average molecular weight is 424 g/mol. The van der Waals surface area contributed by atoms with E-state index in [1.807, 2.05) is 24.6 Å². The lowest BCUT2D eigenvalue weighted by molar-refractivity contribution is 0.181. The zero-order valence-corrected chi connectivity index (χ0v) is 18.5. The Kier molecular flexibility index (Phi) is 7.48. The van der Waals surface area contributed by atoms with E-state index < -0.39 is 9.84 Å². The van der Waals surface area contributed by atoms with Gasteiger partial charge in [-0.15, -0.1) is 0 Å². The molecule has 0 aliphatic heterocycles. The second kappa shape index (κ2) is 9.86. The molecular weight excluding hydrogens is 390 g/mol. The first kappa shape index (κ1) is 22.0. The summed E-state index contributed by atoms with van der Waals surface area (Å²) in [5.41, 5.74) is 2.86. The van der Waals surface area contributed by atoms with Gasteiger partial charge in [0.05, 0.1) is 29.4 Å². The second-order valence-electron chi connectivity index (χ2n) is 8.05. The number of aromatic amines is 1. The van der Waals surface area contributed by atoms with Crippen LogP contribution in [0.4, 0.5) is 0 Å². The third-order valence-corrected chi connectivity index (χ3v) is 7.72. The summed E-state index contributed by atoms with van der Waals surface area (Å²) in [5, 5.41) is 7.10. The van der Waals surface area contributed by atoms with Crippen LogP contribution in [0.25, 0.3) is 0 Å². The van der Waals surface area contributed by atoms with Gasteiger partial charge in [0.25, 0.3) is 0 Å². The van der Waals surface area contributed by atoms with E-state index in [2.05, 4.69) is 20.1 Å². The Bertz CT molecular complexity index is 882. The number of ether oxygens (including phenoxy) is 1. The number of H-pyrrole nitrogens is 1. The summed E-state index contributed by atoms with van der Waals surface area (Å²) in [5.74, 6) is 0. The molecule has 0 radical (unpaired) electrons. The van der Waals surface area contributed by atoms with E-state index in [-0.39, 0.29) is 10.4 Å². The molecule has 1 aliphatic carbocycles. The van der Waals surface area contributed by atoms with Crippen molar-refractivity contribution >= 4 is 9.84 Å². The molecule has 0 saturated heterocycles. The molecule has 1 saturated carbocycles. The van der Waals surface area contributed by atoms with Crippen LogP contribution in [0.5, 0.6) is 0 Å². The Morgan fingerprint density at radius 2 is 1.97 bits per heavy atom. The first-order chi connectivity index (χ1) is 13.9. The first-order valence-corrected chi connectivity index (χ1v) is 11.9. The fourth-order valence-corrected chi connectivity index (χ4v) is 6.00. The highest BCUT2D eigenvalue weighted by atomic mass is 32.2. The summed E-state index contributed by atoms with van der Waals surface area (Å²) < 4.78 is 33.8. The maximum absolute atomic E-state index is 13.4. The molecule has 0 spiro atoms. The van der Waals surface area contributed by atoms with Gasteiger partial charge in [0.15, 0.2) is 0 Å². The summed E-state index contributed by atoms with van der Waals surface area (Å²) in [7, 11) is 0.168. The Labute approximate surface area is 173 Å². The van der Waals surface area contributed by atoms with Crippen LogP contribution in [0.1, 0.15) is 55.6 Å². The van der Waals surface area contributed by atoms with Crippen LogP contribution in [-0.4, -0.2) is 59.1 Å². The molecule has 29 heavy (non-hydrogen) atoms.